The molecule has 0 radical (unpaired) electrons. The van der Waals surface area contributed by atoms with Crippen molar-refractivity contribution < 1.29 is 8.42 Å². The van der Waals surface area contributed by atoms with Gasteiger partial charge in [-0.05, 0) is 44.2 Å². The second-order valence-corrected chi connectivity index (χ2v) is 8.53. The van der Waals surface area contributed by atoms with Gasteiger partial charge in [0.05, 0.1) is 0 Å². The van der Waals surface area contributed by atoms with Crippen molar-refractivity contribution in [3.05, 3.63) is 0 Å². The molecule has 1 fully saturated rings. The second-order valence-electron chi connectivity index (χ2n) is 6.50. The van der Waals surface area contributed by atoms with Gasteiger partial charge in [0.25, 0.3) is 10.2 Å². The van der Waals surface area contributed by atoms with Crippen molar-refractivity contribution in [1.29, 1.82) is 0 Å². The Morgan fingerprint density at radius 1 is 1.20 bits per heavy atom. The summed E-state index contributed by atoms with van der Waals surface area (Å²) in [5.41, 5.74) is 0.272. The van der Waals surface area contributed by atoms with Gasteiger partial charge in [0.15, 0.2) is 0 Å². The molecular formula is C14H31N3O2S. The minimum atomic E-state index is -3.27. The SMILES string of the molecule is CCCNCCCN(C)S(=O)(=O)N1CCC(C)(C)CC1. The van der Waals surface area contributed by atoms with Gasteiger partial charge in [0, 0.05) is 26.7 Å². The highest BCUT2D eigenvalue weighted by molar-refractivity contribution is 7.86. The van der Waals surface area contributed by atoms with E-state index in [0.717, 1.165) is 38.8 Å². The molecule has 0 aromatic carbocycles. The maximum absolute atomic E-state index is 12.4. The zero-order chi connectivity index (χ0) is 15.2. The van der Waals surface area contributed by atoms with Gasteiger partial charge in [-0.1, -0.05) is 20.8 Å². The molecule has 1 aliphatic rings. The Labute approximate surface area is 124 Å². The lowest BCUT2D eigenvalue weighted by atomic mass is 9.83. The molecule has 0 amide bonds. The third-order valence-electron chi connectivity index (χ3n) is 4.05. The first kappa shape index (κ1) is 17.9. The van der Waals surface area contributed by atoms with E-state index in [1.165, 1.54) is 4.31 Å². The number of piperidine rings is 1. The first-order valence-corrected chi connectivity index (χ1v) is 9.11. The Morgan fingerprint density at radius 2 is 1.80 bits per heavy atom. The zero-order valence-electron chi connectivity index (χ0n) is 13.5. The molecule has 0 spiro atoms. The maximum atomic E-state index is 12.4. The van der Waals surface area contributed by atoms with Crippen LogP contribution in [0.15, 0.2) is 0 Å². The standard InChI is InChI=1S/C14H31N3O2S/c1-5-9-15-10-6-11-16(4)20(18,19)17-12-7-14(2,3)8-13-17/h15H,5-13H2,1-4H3. The van der Waals surface area contributed by atoms with Crippen molar-refractivity contribution in [3.63, 3.8) is 0 Å². The predicted octanol–water partition coefficient (Wildman–Crippen LogP) is 1.67. The van der Waals surface area contributed by atoms with Crippen molar-refractivity contribution in [1.82, 2.24) is 13.9 Å². The molecule has 120 valence electrons. The lowest BCUT2D eigenvalue weighted by Crippen LogP contribution is -2.47. The van der Waals surface area contributed by atoms with E-state index in [4.69, 9.17) is 0 Å². The summed E-state index contributed by atoms with van der Waals surface area (Å²) in [5.74, 6) is 0. The van der Waals surface area contributed by atoms with Gasteiger partial charge in [0.1, 0.15) is 0 Å². The molecule has 1 saturated heterocycles. The summed E-state index contributed by atoms with van der Waals surface area (Å²) in [4.78, 5) is 0. The van der Waals surface area contributed by atoms with E-state index in [1.807, 2.05) is 0 Å². The average molecular weight is 305 g/mol. The van der Waals surface area contributed by atoms with Gasteiger partial charge in [-0.25, -0.2) is 0 Å². The first-order chi connectivity index (χ1) is 9.29. The van der Waals surface area contributed by atoms with Gasteiger partial charge in [0.2, 0.25) is 0 Å². The summed E-state index contributed by atoms with van der Waals surface area (Å²) < 4.78 is 28.0. The van der Waals surface area contributed by atoms with E-state index in [0.29, 0.717) is 19.6 Å². The second kappa shape index (κ2) is 7.73. The highest BCUT2D eigenvalue weighted by Crippen LogP contribution is 2.31. The molecular weight excluding hydrogens is 274 g/mol. The Kier molecular flexibility index (Phi) is 6.91. The molecule has 0 aliphatic carbocycles. The van der Waals surface area contributed by atoms with Crippen molar-refractivity contribution in [2.24, 2.45) is 5.41 Å². The Morgan fingerprint density at radius 3 is 2.35 bits per heavy atom. The van der Waals surface area contributed by atoms with Crippen molar-refractivity contribution in [3.8, 4) is 0 Å². The first-order valence-electron chi connectivity index (χ1n) is 7.72. The smallest absolute Gasteiger partial charge is 0.281 e. The van der Waals surface area contributed by atoms with Crippen LogP contribution in [0.25, 0.3) is 0 Å². The summed E-state index contributed by atoms with van der Waals surface area (Å²) in [6.45, 7) is 10.3. The Hall–Kier alpha value is -0.170. The third-order valence-corrected chi connectivity index (χ3v) is 6.04. The van der Waals surface area contributed by atoms with E-state index in [2.05, 4.69) is 26.1 Å². The molecule has 1 heterocycles. The monoisotopic (exact) mass is 305 g/mol. The average Bonchev–Trinajstić information content (AvgIpc) is 2.37. The minimum absolute atomic E-state index is 0.272. The van der Waals surface area contributed by atoms with E-state index < -0.39 is 10.2 Å². The van der Waals surface area contributed by atoms with Crippen LogP contribution in [0.2, 0.25) is 0 Å². The fourth-order valence-electron chi connectivity index (χ4n) is 2.36. The quantitative estimate of drug-likeness (QED) is 0.694. The summed E-state index contributed by atoms with van der Waals surface area (Å²) in [5, 5.41) is 3.30. The maximum Gasteiger partial charge on any atom is 0.281 e. The normalized spacial score (nSPS) is 20.4. The van der Waals surface area contributed by atoms with Crippen LogP contribution in [0.5, 0.6) is 0 Å². The van der Waals surface area contributed by atoms with Gasteiger partial charge >= 0.3 is 0 Å². The van der Waals surface area contributed by atoms with E-state index in [1.54, 1.807) is 11.4 Å². The molecule has 5 nitrogen and oxygen atoms in total. The van der Waals surface area contributed by atoms with Gasteiger partial charge < -0.3 is 5.32 Å². The fraction of sp³-hybridized carbons (Fsp3) is 1.00. The fourth-order valence-corrected chi connectivity index (χ4v) is 3.76. The van der Waals surface area contributed by atoms with E-state index >= 15 is 0 Å². The molecule has 0 unspecified atom stereocenters. The van der Waals surface area contributed by atoms with E-state index in [-0.39, 0.29) is 5.41 Å². The van der Waals surface area contributed by atoms with Gasteiger partial charge in [-0.2, -0.15) is 17.0 Å². The van der Waals surface area contributed by atoms with Gasteiger partial charge in [-0.15, -0.1) is 0 Å². The highest BCUT2D eigenvalue weighted by atomic mass is 32.2. The number of nitrogens with zero attached hydrogens (tertiary/aromatic N) is 2. The zero-order valence-corrected chi connectivity index (χ0v) is 14.3. The van der Waals surface area contributed by atoms with Crippen molar-refractivity contribution in [2.45, 2.75) is 46.5 Å². The minimum Gasteiger partial charge on any atom is -0.317 e. The molecule has 1 N–H and O–H groups in total. The highest BCUT2D eigenvalue weighted by Gasteiger charge is 2.33. The third kappa shape index (κ3) is 5.31. The molecule has 0 aromatic rings. The topological polar surface area (TPSA) is 52.7 Å². The Balaban J connectivity index is 2.39. The van der Waals surface area contributed by atoms with Gasteiger partial charge in [-0.3, -0.25) is 0 Å². The molecule has 20 heavy (non-hydrogen) atoms. The van der Waals surface area contributed by atoms with Crippen LogP contribution in [0.3, 0.4) is 0 Å². The lowest BCUT2D eigenvalue weighted by Gasteiger charge is -2.37. The van der Waals surface area contributed by atoms with Crippen LogP contribution >= 0.6 is 0 Å². The number of hydrogen-bond acceptors (Lipinski definition) is 3. The summed E-state index contributed by atoms with van der Waals surface area (Å²) >= 11 is 0. The lowest BCUT2D eigenvalue weighted by molar-refractivity contribution is 0.189. The van der Waals surface area contributed by atoms with Crippen LogP contribution in [0, 0.1) is 5.41 Å². The van der Waals surface area contributed by atoms with Crippen LogP contribution in [-0.4, -0.2) is 56.8 Å². The van der Waals surface area contributed by atoms with Crippen molar-refractivity contribution in [2.75, 3.05) is 39.8 Å². The van der Waals surface area contributed by atoms with Crippen LogP contribution in [0.1, 0.15) is 46.5 Å². The summed E-state index contributed by atoms with van der Waals surface area (Å²) in [6.07, 6.45) is 3.85. The predicted molar refractivity (Wildman–Crippen MR) is 83.9 cm³/mol. The largest absolute Gasteiger partial charge is 0.317 e. The molecule has 0 atom stereocenters. The molecule has 0 aromatic heterocycles. The number of hydrogen-bond donors (Lipinski definition) is 1. The van der Waals surface area contributed by atoms with Crippen LogP contribution in [-0.2, 0) is 10.2 Å². The summed E-state index contributed by atoms with van der Waals surface area (Å²) in [6, 6.07) is 0. The molecule has 1 rings (SSSR count). The van der Waals surface area contributed by atoms with E-state index in [9.17, 15) is 8.42 Å². The molecule has 0 bridgehead atoms. The van der Waals surface area contributed by atoms with Crippen LogP contribution in [0.4, 0.5) is 0 Å². The number of nitrogens with one attached hydrogen (secondary N) is 1. The Bertz CT molecular complexity index is 372. The molecule has 0 saturated carbocycles. The number of rotatable bonds is 8. The van der Waals surface area contributed by atoms with Crippen LogP contribution < -0.4 is 5.32 Å². The summed E-state index contributed by atoms with van der Waals surface area (Å²) in [7, 11) is -1.58. The van der Waals surface area contributed by atoms with Crippen molar-refractivity contribution >= 4 is 10.2 Å². The molecule has 6 heteroatoms. The molecule has 1 aliphatic heterocycles.